The number of ether oxygens (including phenoxy) is 1. The molecule has 2 heterocycles. The summed E-state index contributed by atoms with van der Waals surface area (Å²) in [7, 11) is 0. The molecule has 4 rings (SSSR count). The summed E-state index contributed by atoms with van der Waals surface area (Å²) in [6.07, 6.45) is 2.84. The number of hydrogen-bond acceptors (Lipinski definition) is 4. The zero-order valence-corrected chi connectivity index (χ0v) is 19.6. The lowest BCUT2D eigenvalue weighted by atomic mass is 9.99. The summed E-state index contributed by atoms with van der Waals surface area (Å²) in [5.41, 5.74) is 1.39. The molecule has 7 nitrogen and oxygen atoms in total. The molecule has 1 aliphatic heterocycles. The molecule has 1 N–H and O–H groups in total. The lowest BCUT2D eigenvalue weighted by molar-refractivity contribution is 0.0223. The Hall–Kier alpha value is -3.82. The van der Waals surface area contributed by atoms with Gasteiger partial charge in [-0.15, -0.1) is 0 Å². The van der Waals surface area contributed by atoms with Crippen molar-refractivity contribution < 1.29 is 27.5 Å². The molecule has 2 amide bonds. The van der Waals surface area contributed by atoms with Gasteiger partial charge in [0.1, 0.15) is 17.1 Å². The van der Waals surface area contributed by atoms with E-state index in [1.54, 1.807) is 26.8 Å². The van der Waals surface area contributed by atoms with Crippen LogP contribution in [0.3, 0.4) is 0 Å². The number of amides is 2. The van der Waals surface area contributed by atoms with E-state index < -0.39 is 35.1 Å². The predicted molar refractivity (Wildman–Crippen MR) is 122 cm³/mol. The number of nitrogens with one attached hydrogen (secondary N) is 1. The molecule has 0 aliphatic carbocycles. The third-order valence-electron chi connectivity index (χ3n) is 5.42. The van der Waals surface area contributed by atoms with Crippen molar-refractivity contribution in [2.75, 3.05) is 11.9 Å². The maximum absolute atomic E-state index is 14.8. The number of aromatic nitrogens is 2. The zero-order chi connectivity index (χ0) is 25.3. The minimum absolute atomic E-state index is 0.00891. The molecule has 3 aromatic rings. The summed E-state index contributed by atoms with van der Waals surface area (Å²) >= 11 is 0. The van der Waals surface area contributed by atoms with Crippen LogP contribution in [0.25, 0.3) is 0 Å². The molecule has 0 unspecified atom stereocenters. The van der Waals surface area contributed by atoms with Crippen LogP contribution in [-0.2, 0) is 24.2 Å². The summed E-state index contributed by atoms with van der Waals surface area (Å²) < 4.78 is 48.2. The van der Waals surface area contributed by atoms with Crippen LogP contribution >= 0.6 is 0 Å². The van der Waals surface area contributed by atoms with E-state index in [9.17, 15) is 22.8 Å². The molecule has 0 saturated heterocycles. The molecule has 0 spiro atoms. The van der Waals surface area contributed by atoms with Gasteiger partial charge in [-0.25, -0.2) is 22.9 Å². The minimum atomic E-state index is -0.960. The van der Waals surface area contributed by atoms with Crippen molar-refractivity contribution in [3.05, 3.63) is 82.7 Å². The summed E-state index contributed by atoms with van der Waals surface area (Å²) in [6.45, 7) is 6.15. The lowest BCUT2D eigenvalue weighted by Gasteiger charge is -2.31. The summed E-state index contributed by atoms with van der Waals surface area (Å²) in [6, 6.07) is 6.41. The Morgan fingerprint density at radius 3 is 2.54 bits per heavy atom. The number of carbonyl (C=O) groups excluding carboxylic acids is 2. The molecular weight excluding hydrogens is 461 g/mol. The fourth-order valence-corrected chi connectivity index (χ4v) is 3.76. The molecule has 0 bridgehead atoms. The van der Waals surface area contributed by atoms with E-state index in [-0.39, 0.29) is 24.5 Å². The quantitative estimate of drug-likeness (QED) is 0.570. The average molecular weight is 486 g/mol. The van der Waals surface area contributed by atoms with E-state index in [4.69, 9.17) is 4.74 Å². The van der Waals surface area contributed by atoms with Crippen molar-refractivity contribution in [3.63, 3.8) is 0 Å². The van der Waals surface area contributed by atoms with Gasteiger partial charge in [0.05, 0.1) is 12.0 Å². The summed E-state index contributed by atoms with van der Waals surface area (Å²) in [5, 5.41) is 2.53. The largest absolute Gasteiger partial charge is 0.444 e. The molecular formula is C25H25F3N4O3. The Kier molecular flexibility index (Phi) is 6.56. The number of imidazole rings is 1. The second kappa shape index (κ2) is 9.44. The topological polar surface area (TPSA) is 76.5 Å². The molecule has 1 aromatic heterocycles. The third kappa shape index (κ3) is 5.82. The predicted octanol–water partition coefficient (Wildman–Crippen LogP) is 4.89. The van der Waals surface area contributed by atoms with Crippen LogP contribution in [0.15, 0.2) is 42.9 Å². The van der Waals surface area contributed by atoms with Gasteiger partial charge in [0.25, 0.3) is 5.91 Å². The van der Waals surface area contributed by atoms with E-state index in [0.29, 0.717) is 24.1 Å². The van der Waals surface area contributed by atoms with Gasteiger partial charge in [-0.1, -0.05) is 6.07 Å². The standard InChI is InChI=1S/C25H25F3N4O3/c1-25(2,3)35-24(34)32-7-6-16-10-21(20(28)9-17(16)12-32)30-23(33)22-13-31(14-29-22)11-15-4-5-18(26)19(27)8-15/h4-5,8-10,13-14H,6-7,11-12H2,1-3H3,(H,30,33). The van der Waals surface area contributed by atoms with Crippen LogP contribution in [0, 0.1) is 17.5 Å². The van der Waals surface area contributed by atoms with Gasteiger partial charge < -0.3 is 19.5 Å². The Labute approximate surface area is 200 Å². The Balaban J connectivity index is 1.42. The van der Waals surface area contributed by atoms with Crippen molar-refractivity contribution in [2.24, 2.45) is 0 Å². The number of halogens is 3. The number of fused-ring (bicyclic) bond motifs is 1. The van der Waals surface area contributed by atoms with Crippen molar-refractivity contribution in [3.8, 4) is 0 Å². The van der Waals surface area contributed by atoms with Crippen LogP contribution in [0.5, 0.6) is 0 Å². The first-order chi connectivity index (χ1) is 16.5. The number of anilines is 1. The van der Waals surface area contributed by atoms with E-state index in [0.717, 1.165) is 17.7 Å². The van der Waals surface area contributed by atoms with Crippen LogP contribution in [0.4, 0.5) is 23.7 Å². The fourth-order valence-electron chi connectivity index (χ4n) is 3.76. The summed E-state index contributed by atoms with van der Waals surface area (Å²) in [4.78, 5) is 30.5. The van der Waals surface area contributed by atoms with Crippen molar-refractivity contribution in [2.45, 2.75) is 45.9 Å². The van der Waals surface area contributed by atoms with Crippen LogP contribution < -0.4 is 5.32 Å². The van der Waals surface area contributed by atoms with E-state index in [1.165, 1.54) is 34.1 Å². The number of benzene rings is 2. The van der Waals surface area contributed by atoms with Crippen molar-refractivity contribution in [1.82, 2.24) is 14.5 Å². The normalized spacial score (nSPS) is 13.4. The molecule has 1 aliphatic rings. The van der Waals surface area contributed by atoms with Gasteiger partial charge in [0, 0.05) is 25.8 Å². The first-order valence-corrected chi connectivity index (χ1v) is 11.0. The smallest absolute Gasteiger partial charge is 0.410 e. The lowest BCUT2D eigenvalue weighted by Crippen LogP contribution is -2.40. The van der Waals surface area contributed by atoms with Gasteiger partial charge in [-0.2, -0.15) is 0 Å². The van der Waals surface area contributed by atoms with Gasteiger partial charge in [0.2, 0.25) is 0 Å². The first-order valence-electron chi connectivity index (χ1n) is 11.0. The molecule has 10 heteroatoms. The van der Waals surface area contributed by atoms with Gasteiger partial charge in [0.15, 0.2) is 11.6 Å². The Morgan fingerprint density at radius 1 is 1.06 bits per heavy atom. The molecule has 2 aromatic carbocycles. The molecule has 0 radical (unpaired) electrons. The Morgan fingerprint density at radius 2 is 1.83 bits per heavy atom. The van der Waals surface area contributed by atoms with Crippen LogP contribution in [-0.4, -0.2) is 38.6 Å². The minimum Gasteiger partial charge on any atom is -0.444 e. The molecule has 184 valence electrons. The second-order valence-corrected chi connectivity index (χ2v) is 9.39. The number of nitrogens with zero attached hydrogens (tertiary/aromatic N) is 3. The highest BCUT2D eigenvalue weighted by Crippen LogP contribution is 2.27. The van der Waals surface area contributed by atoms with Gasteiger partial charge in [-0.05, 0) is 68.1 Å². The van der Waals surface area contributed by atoms with Crippen LogP contribution in [0.1, 0.15) is 48.0 Å². The monoisotopic (exact) mass is 486 g/mol. The first kappa shape index (κ1) is 24.3. The second-order valence-electron chi connectivity index (χ2n) is 9.39. The maximum atomic E-state index is 14.8. The highest BCUT2D eigenvalue weighted by molar-refractivity contribution is 6.02. The highest BCUT2D eigenvalue weighted by Gasteiger charge is 2.27. The van der Waals surface area contributed by atoms with Gasteiger partial charge in [-0.3, -0.25) is 4.79 Å². The van der Waals surface area contributed by atoms with Gasteiger partial charge >= 0.3 is 6.09 Å². The van der Waals surface area contributed by atoms with E-state index in [1.807, 2.05) is 0 Å². The molecule has 0 saturated carbocycles. The fraction of sp³-hybridized carbons (Fsp3) is 0.320. The highest BCUT2D eigenvalue weighted by atomic mass is 19.2. The molecule has 35 heavy (non-hydrogen) atoms. The average Bonchev–Trinajstić information content (AvgIpc) is 3.24. The summed E-state index contributed by atoms with van der Waals surface area (Å²) in [5.74, 6) is -3.15. The van der Waals surface area contributed by atoms with E-state index in [2.05, 4.69) is 10.3 Å². The number of rotatable bonds is 4. The Bertz CT molecular complexity index is 1280. The van der Waals surface area contributed by atoms with E-state index >= 15 is 0 Å². The molecule has 0 fully saturated rings. The van der Waals surface area contributed by atoms with Crippen molar-refractivity contribution >= 4 is 17.7 Å². The zero-order valence-electron chi connectivity index (χ0n) is 19.6. The SMILES string of the molecule is CC(C)(C)OC(=O)N1CCc2cc(NC(=O)c3cn(Cc4ccc(F)c(F)c4)cn3)c(F)cc2C1. The maximum Gasteiger partial charge on any atom is 0.410 e. The molecule has 0 atom stereocenters. The van der Waals surface area contributed by atoms with Crippen LogP contribution in [0.2, 0.25) is 0 Å². The number of carbonyl (C=O) groups is 2. The number of hydrogen-bond donors (Lipinski definition) is 1. The van der Waals surface area contributed by atoms with Crippen molar-refractivity contribution in [1.29, 1.82) is 0 Å². The third-order valence-corrected chi connectivity index (χ3v) is 5.42.